The van der Waals surface area contributed by atoms with Gasteiger partial charge in [-0.15, -0.1) is 0 Å². The standard InChI is InChI=1S/C21H26ClNO4S/c1-4-21(5-2,17-8-10-18(22)11-9-17)23-20(24)16-6-12-19(13-7-16)28(25,26)15-14-27-3/h6-13H,4-5,14-15H2,1-3H3,(H,23,24). The Bertz CT molecular complexity index is 889. The van der Waals surface area contributed by atoms with Gasteiger partial charge in [-0.1, -0.05) is 37.6 Å². The number of sulfone groups is 1. The van der Waals surface area contributed by atoms with Gasteiger partial charge in [0, 0.05) is 17.7 Å². The van der Waals surface area contributed by atoms with Crippen LogP contribution in [0.4, 0.5) is 0 Å². The Morgan fingerprint density at radius 1 is 1.04 bits per heavy atom. The van der Waals surface area contributed by atoms with Gasteiger partial charge in [0.1, 0.15) is 0 Å². The number of hydrogen-bond donors (Lipinski definition) is 1. The predicted octanol–water partition coefficient (Wildman–Crippen LogP) is 4.21. The van der Waals surface area contributed by atoms with Gasteiger partial charge in [0.25, 0.3) is 5.91 Å². The minimum Gasteiger partial charge on any atom is -0.384 e. The summed E-state index contributed by atoms with van der Waals surface area (Å²) in [5.74, 6) is -0.347. The maximum absolute atomic E-state index is 12.8. The Hall–Kier alpha value is -1.89. The highest BCUT2D eigenvalue weighted by atomic mass is 35.5. The Labute approximate surface area is 172 Å². The largest absolute Gasteiger partial charge is 0.384 e. The molecule has 152 valence electrons. The predicted molar refractivity (Wildman–Crippen MR) is 112 cm³/mol. The second kappa shape index (κ2) is 9.54. The third-order valence-electron chi connectivity index (χ3n) is 4.99. The van der Waals surface area contributed by atoms with Crippen molar-refractivity contribution in [3.05, 3.63) is 64.7 Å². The van der Waals surface area contributed by atoms with E-state index in [4.69, 9.17) is 16.3 Å². The van der Waals surface area contributed by atoms with Crippen LogP contribution in [0.5, 0.6) is 0 Å². The molecule has 0 unspecified atom stereocenters. The number of carbonyl (C=O) groups excluding carboxylic acids is 1. The zero-order chi connectivity index (χ0) is 20.8. The Morgan fingerprint density at radius 2 is 1.61 bits per heavy atom. The van der Waals surface area contributed by atoms with Crippen molar-refractivity contribution in [1.29, 1.82) is 0 Å². The summed E-state index contributed by atoms with van der Waals surface area (Å²) in [5.41, 5.74) is 0.866. The highest BCUT2D eigenvalue weighted by molar-refractivity contribution is 7.91. The van der Waals surface area contributed by atoms with Crippen LogP contribution in [0.25, 0.3) is 0 Å². The smallest absolute Gasteiger partial charge is 0.251 e. The normalized spacial score (nSPS) is 12.0. The van der Waals surface area contributed by atoms with E-state index in [1.54, 1.807) is 0 Å². The number of benzene rings is 2. The van der Waals surface area contributed by atoms with E-state index < -0.39 is 15.4 Å². The lowest BCUT2D eigenvalue weighted by Crippen LogP contribution is -2.45. The van der Waals surface area contributed by atoms with Crippen molar-refractivity contribution in [2.45, 2.75) is 37.1 Å². The van der Waals surface area contributed by atoms with Gasteiger partial charge in [0.2, 0.25) is 0 Å². The number of nitrogens with one attached hydrogen (secondary N) is 1. The molecule has 28 heavy (non-hydrogen) atoms. The van der Waals surface area contributed by atoms with Crippen LogP contribution < -0.4 is 5.32 Å². The van der Waals surface area contributed by atoms with Crippen LogP contribution in [0.1, 0.15) is 42.6 Å². The van der Waals surface area contributed by atoms with E-state index in [0.29, 0.717) is 23.4 Å². The number of hydrogen-bond acceptors (Lipinski definition) is 4. The lowest BCUT2D eigenvalue weighted by molar-refractivity contribution is 0.0889. The van der Waals surface area contributed by atoms with Gasteiger partial charge in [-0.25, -0.2) is 8.42 Å². The summed E-state index contributed by atoms with van der Waals surface area (Å²) in [6.45, 7) is 4.16. The molecule has 0 heterocycles. The summed E-state index contributed by atoms with van der Waals surface area (Å²) in [7, 11) is -1.97. The van der Waals surface area contributed by atoms with Crippen molar-refractivity contribution in [2.75, 3.05) is 19.5 Å². The molecule has 0 radical (unpaired) electrons. The van der Waals surface area contributed by atoms with E-state index in [1.165, 1.54) is 31.4 Å². The maximum Gasteiger partial charge on any atom is 0.251 e. The maximum atomic E-state index is 12.8. The Morgan fingerprint density at radius 3 is 2.11 bits per heavy atom. The van der Waals surface area contributed by atoms with Gasteiger partial charge < -0.3 is 10.1 Å². The van der Waals surface area contributed by atoms with Crippen molar-refractivity contribution < 1.29 is 17.9 Å². The van der Waals surface area contributed by atoms with Crippen molar-refractivity contribution in [2.24, 2.45) is 0 Å². The van der Waals surface area contributed by atoms with Gasteiger partial charge in [-0.2, -0.15) is 0 Å². The first-order valence-electron chi connectivity index (χ1n) is 9.18. The zero-order valence-corrected chi connectivity index (χ0v) is 17.9. The molecule has 5 nitrogen and oxygen atoms in total. The molecule has 0 aliphatic heterocycles. The molecule has 7 heteroatoms. The molecule has 1 N–H and O–H groups in total. The molecule has 0 aromatic heterocycles. The minimum atomic E-state index is -3.43. The third kappa shape index (κ3) is 5.13. The highest BCUT2D eigenvalue weighted by Gasteiger charge is 2.30. The van der Waals surface area contributed by atoms with Crippen LogP contribution >= 0.6 is 11.6 Å². The first kappa shape index (κ1) is 22.4. The van der Waals surface area contributed by atoms with Gasteiger partial charge >= 0.3 is 0 Å². The first-order chi connectivity index (χ1) is 13.3. The topological polar surface area (TPSA) is 72.5 Å². The van der Waals surface area contributed by atoms with Gasteiger partial charge in [-0.3, -0.25) is 4.79 Å². The molecular formula is C21H26ClNO4S. The van der Waals surface area contributed by atoms with Crippen LogP contribution in [0.15, 0.2) is 53.4 Å². The number of amides is 1. The lowest BCUT2D eigenvalue weighted by atomic mass is 9.84. The fourth-order valence-corrected chi connectivity index (χ4v) is 4.39. The quantitative estimate of drug-likeness (QED) is 0.655. The van der Waals surface area contributed by atoms with Crippen molar-refractivity contribution in [3.63, 3.8) is 0 Å². The molecule has 1 amide bonds. The summed E-state index contributed by atoms with van der Waals surface area (Å²) in [6, 6.07) is 13.4. The molecule has 0 spiro atoms. The molecule has 2 rings (SSSR count). The minimum absolute atomic E-state index is 0.0968. The molecule has 2 aromatic rings. The fourth-order valence-electron chi connectivity index (χ4n) is 3.09. The summed E-state index contributed by atoms with van der Waals surface area (Å²) in [5, 5.41) is 3.76. The van der Waals surface area contributed by atoms with E-state index in [-0.39, 0.29) is 23.2 Å². The molecule has 2 aromatic carbocycles. The highest BCUT2D eigenvalue weighted by Crippen LogP contribution is 2.30. The summed E-state index contributed by atoms with van der Waals surface area (Å²) >= 11 is 5.99. The van der Waals surface area contributed by atoms with E-state index in [9.17, 15) is 13.2 Å². The van der Waals surface area contributed by atoms with E-state index >= 15 is 0 Å². The summed E-state index contributed by atoms with van der Waals surface area (Å²) in [6.07, 6.45) is 1.42. The molecular weight excluding hydrogens is 398 g/mol. The van der Waals surface area contributed by atoms with Crippen LogP contribution in [0.2, 0.25) is 5.02 Å². The van der Waals surface area contributed by atoms with E-state index in [2.05, 4.69) is 5.32 Å². The van der Waals surface area contributed by atoms with Crippen LogP contribution in [0, 0.1) is 0 Å². The number of methoxy groups -OCH3 is 1. The molecule has 0 bridgehead atoms. The van der Waals surface area contributed by atoms with Crippen LogP contribution in [0.3, 0.4) is 0 Å². The SMILES string of the molecule is CCC(CC)(NC(=O)c1ccc(S(=O)(=O)CCOC)cc1)c1ccc(Cl)cc1. The lowest BCUT2D eigenvalue weighted by Gasteiger charge is -2.33. The average molecular weight is 424 g/mol. The molecule has 0 saturated heterocycles. The molecule has 0 aliphatic carbocycles. The monoisotopic (exact) mass is 423 g/mol. The van der Waals surface area contributed by atoms with E-state index in [0.717, 1.165) is 5.56 Å². The molecule has 0 saturated carbocycles. The Kier molecular flexibility index (Phi) is 7.63. The van der Waals surface area contributed by atoms with Crippen LogP contribution in [-0.2, 0) is 20.1 Å². The van der Waals surface area contributed by atoms with Gasteiger partial charge in [0.15, 0.2) is 9.84 Å². The van der Waals surface area contributed by atoms with Crippen molar-refractivity contribution in [3.8, 4) is 0 Å². The van der Waals surface area contributed by atoms with Crippen molar-refractivity contribution >= 4 is 27.3 Å². The summed E-state index contributed by atoms with van der Waals surface area (Å²) < 4.78 is 29.3. The zero-order valence-electron chi connectivity index (χ0n) is 16.4. The number of halogens is 1. The molecule has 0 atom stereocenters. The molecule has 0 aliphatic rings. The van der Waals surface area contributed by atoms with Gasteiger partial charge in [0.05, 0.1) is 22.8 Å². The average Bonchev–Trinajstić information content (AvgIpc) is 2.71. The number of ether oxygens (including phenoxy) is 1. The first-order valence-corrected chi connectivity index (χ1v) is 11.2. The second-order valence-corrected chi connectivity index (χ2v) is 9.13. The van der Waals surface area contributed by atoms with E-state index in [1.807, 2.05) is 38.1 Å². The van der Waals surface area contributed by atoms with Gasteiger partial charge in [-0.05, 0) is 54.8 Å². The number of carbonyl (C=O) groups is 1. The third-order valence-corrected chi connectivity index (χ3v) is 6.94. The second-order valence-electron chi connectivity index (χ2n) is 6.59. The van der Waals surface area contributed by atoms with Crippen LogP contribution in [-0.4, -0.2) is 33.8 Å². The fraction of sp³-hybridized carbons (Fsp3) is 0.381. The molecule has 0 fully saturated rings. The van der Waals surface area contributed by atoms with Crippen molar-refractivity contribution in [1.82, 2.24) is 5.32 Å². The number of rotatable bonds is 9. The summed E-state index contributed by atoms with van der Waals surface area (Å²) in [4.78, 5) is 13.0. The Balaban J connectivity index is 2.23.